The van der Waals surface area contributed by atoms with Crippen molar-refractivity contribution in [2.24, 2.45) is 0 Å². The Morgan fingerprint density at radius 1 is 1.15 bits per heavy atom. The number of alkyl halides is 3. The highest BCUT2D eigenvalue weighted by Gasteiger charge is 2.38. The summed E-state index contributed by atoms with van der Waals surface area (Å²) in [5.41, 5.74) is -0.814. The van der Waals surface area contributed by atoms with Gasteiger partial charge < -0.3 is 0 Å². The highest BCUT2D eigenvalue weighted by atomic mass is 32.2. The number of hydrogen-bond acceptors (Lipinski definition) is 4. The molecule has 2 aromatic heterocycles. The van der Waals surface area contributed by atoms with Gasteiger partial charge in [0.2, 0.25) is 10.0 Å². The molecule has 1 fully saturated rings. The molecule has 1 saturated heterocycles. The maximum atomic E-state index is 13.6. The van der Waals surface area contributed by atoms with E-state index in [1.54, 1.807) is 20.8 Å². The van der Waals surface area contributed by atoms with Crippen molar-refractivity contribution in [3.8, 4) is 0 Å². The van der Waals surface area contributed by atoms with Crippen molar-refractivity contribution in [3.05, 3.63) is 29.2 Å². The van der Waals surface area contributed by atoms with E-state index in [4.69, 9.17) is 0 Å². The molecule has 6 nitrogen and oxygen atoms in total. The van der Waals surface area contributed by atoms with E-state index in [9.17, 15) is 21.6 Å². The molecular weight excluding hydrogens is 381 g/mol. The van der Waals surface area contributed by atoms with Crippen LogP contribution >= 0.6 is 0 Å². The maximum Gasteiger partial charge on any atom is 0.433 e. The van der Waals surface area contributed by atoms with Crippen LogP contribution < -0.4 is 0 Å². The standard InChI is InChI=1S/C17H23F3N4O2S/c1-16(2,3)13-10-14(17(18,19)20)24-15(21-13)9-11(22-24)12-7-5-6-8-23(12)27(4,25)26/h9-10,12H,5-8H2,1-4H3. The molecule has 0 spiro atoms. The van der Waals surface area contributed by atoms with Crippen LogP contribution in [0.4, 0.5) is 13.2 Å². The molecule has 0 radical (unpaired) electrons. The van der Waals surface area contributed by atoms with Crippen molar-refractivity contribution < 1.29 is 21.6 Å². The number of sulfonamides is 1. The molecule has 150 valence electrons. The van der Waals surface area contributed by atoms with Crippen LogP contribution in [-0.4, -0.2) is 40.1 Å². The van der Waals surface area contributed by atoms with Gasteiger partial charge in [0.25, 0.3) is 0 Å². The lowest BCUT2D eigenvalue weighted by Crippen LogP contribution is -2.37. The lowest BCUT2D eigenvalue weighted by atomic mass is 9.91. The van der Waals surface area contributed by atoms with Crippen LogP contribution in [0.1, 0.15) is 63.2 Å². The van der Waals surface area contributed by atoms with Crippen molar-refractivity contribution in [1.82, 2.24) is 18.9 Å². The second kappa shape index (κ2) is 6.44. The first-order valence-electron chi connectivity index (χ1n) is 8.74. The van der Waals surface area contributed by atoms with E-state index in [2.05, 4.69) is 10.1 Å². The molecule has 1 atom stereocenters. The Morgan fingerprint density at radius 2 is 1.81 bits per heavy atom. The fourth-order valence-electron chi connectivity index (χ4n) is 3.34. The van der Waals surface area contributed by atoms with E-state index < -0.39 is 33.4 Å². The molecule has 0 bridgehead atoms. The zero-order valence-electron chi connectivity index (χ0n) is 15.7. The van der Waals surface area contributed by atoms with Crippen molar-refractivity contribution in [3.63, 3.8) is 0 Å². The third kappa shape index (κ3) is 3.96. The van der Waals surface area contributed by atoms with Gasteiger partial charge in [-0.2, -0.15) is 22.6 Å². The molecule has 1 aliphatic heterocycles. The molecule has 3 rings (SSSR count). The molecule has 1 unspecified atom stereocenters. The molecule has 0 N–H and O–H groups in total. The number of aromatic nitrogens is 3. The normalized spacial score (nSPS) is 20.3. The van der Waals surface area contributed by atoms with Crippen LogP contribution in [0.5, 0.6) is 0 Å². The van der Waals surface area contributed by atoms with Crippen molar-refractivity contribution in [2.75, 3.05) is 12.8 Å². The van der Waals surface area contributed by atoms with Gasteiger partial charge in [-0.3, -0.25) is 0 Å². The van der Waals surface area contributed by atoms with E-state index in [0.29, 0.717) is 24.4 Å². The van der Waals surface area contributed by atoms with Gasteiger partial charge in [0, 0.05) is 18.0 Å². The molecular formula is C17H23F3N4O2S. The van der Waals surface area contributed by atoms with Crippen molar-refractivity contribution in [2.45, 2.75) is 57.7 Å². The summed E-state index contributed by atoms with van der Waals surface area (Å²) in [4.78, 5) is 4.36. The van der Waals surface area contributed by atoms with Gasteiger partial charge in [-0.05, 0) is 18.9 Å². The zero-order valence-corrected chi connectivity index (χ0v) is 16.5. The fourth-order valence-corrected chi connectivity index (χ4v) is 4.48. The van der Waals surface area contributed by atoms with Gasteiger partial charge in [-0.1, -0.05) is 27.2 Å². The minimum absolute atomic E-state index is 0.0729. The molecule has 0 aromatic carbocycles. The lowest BCUT2D eigenvalue weighted by Gasteiger charge is -2.32. The molecule has 0 amide bonds. The van der Waals surface area contributed by atoms with Crippen LogP contribution in [0, 0.1) is 0 Å². The Balaban J connectivity index is 2.19. The summed E-state index contributed by atoms with van der Waals surface area (Å²) in [5, 5.41) is 4.12. The third-order valence-electron chi connectivity index (χ3n) is 4.73. The topological polar surface area (TPSA) is 67.6 Å². The van der Waals surface area contributed by atoms with Gasteiger partial charge in [0.05, 0.1) is 23.7 Å². The number of hydrogen-bond donors (Lipinski definition) is 0. The second-order valence-corrected chi connectivity index (χ2v) is 9.93. The van der Waals surface area contributed by atoms with Gasteiger partial charge in [0.1, 0.15) is 5.69 Å². The van der Waals surface area contributed by atoms with E-state index in [1.807, 2.05) is 0 Å². The Labute approximate surface area is 156 Å². The minimum Gasteiger partial charge on any atom is -0.233 e. The minimum atomic E-state index is -4.60. The van der Waals surface area contributed by atoms with E-state index in [1.165, 1.54) is 10.4 Å². The monoisotopic (exact) mass is 404 g/mol. The molecule has 10 heteroatoms. The molecule has 27 heavy (non-hydrogen) atoms. The van der Waals surface area contributed by atoms with Crippen molar-refractivity contribution in [1.29, 1.82) is 0 Å². The molecule has 2 aromatic rings. The molecule has 0 aliphatic carbocycles. The largest absolute Gasteiger partial charge is 0.433 e. The first kappa shape index (κ1) is 20.1. The number of piperidine rings is 1. The Kier molecular flexibility index (Phi) is 4.79. The van der Waals surface area contributed by atoms with Crippen LogP contribution in [0.2, 0.25) is 0 Å². The van der Waals surface area contributed by atoms with Crippen LogP contribution in [0.25, 0.3) is 5.65 Å². The lowest BCUT2D eigenvalue weighted by molar-refractivity contribution is -0.142. The van der Waals surface area contributed by atoms with Gasteiger partial charge in [-0.25, -0.2) is 17.9 Å². The predicted octanol–water partition coefficient (Wildman–Crippen LogP) is 3.53. The van der Waals surface area contributed by atoms with E-state index in [0.717, 1.165) is 29.7 Å². The Hall–Kier alpha value is -1.68. The SMILES string of the molecule is CC(C)(C)c1cc(C(F)(F)F)n2nc(C3CCCCN3S(C)(=O)=O)cc2n1. The summed E-state index contributed by atoms with van der Waals surface area (Å²) >= 11 is 0. The van der Waals surface area contributed by atoms with Crippen LogP contribution in [0.15, 0.2) is 12.1 Å². The third-order valence-corrected chi connectivity index (χ3v) is 6.02. The fraction of sp³-hybridized carbons (Fsp3) is 0.647. The predicted molar refractivity (Wildman–Crippen MR) is 94.8 cm³/mol. The van der Waals surface area contributed by atoms with Gasteiger partial charge >= 0.3 is 6.18 Å². The van der Waals surface area contributed by atoms with Crippen LogP contribution in [0.3, 0.4) is 0 Å². The molecule has 3 heterocycles. The first-order valence-corrected chi connectivity index (χ1v) is 10.6. The summed E-state index contributed by atoms with van der Waals surface area (Å²) in [6.45, 7) is 5.70. The second-order valence-electron chi connectivity index (χ2n) is 8.00. The maximum absolute atomic E-state index is 13.6. The number of fused-ring (bicyclic) bond motifs is 1. The average Bonchev–Trinajstić information content (AvgIpc) is 2.95. The quantitative estimate of drug-likeness (QED) is 0.768. The summed E-state index contributed by atoms with van der Waals surface area (Å²) < 4.78 is 67.1. The number of nitrogens with zero attached hydrogens (tertiary/aromatic N) is 4. The summed E-state index contributed by atoms with van der Waals surface area (Å²) in [6, 6.07) is 1.91. The summed E-state index contributed by atoms with van der Waals surface area (Å²) in [6.07, 6.45) is -1.47. The van der Waals surface area contributed by atoms with Crippen molar-refractivity contribution >= 4 is 15.7 Å². The Morgan fingerprint density at radius 3 is 2.37 bits per heavy atom. The summed E-state index contributed by atoms with van der Waals surface area (Å²) in [7, 11) is -3.49. The van der Waals surface area contributed by atoms with Gasteiger partial charge in [-0.15, -0.1) is 0 Å². The Bertz CT molecular complexity index is 961. The van der Waals surface area contributed by atoms with Gasteiger partial charge in [0.15, 0.2) is 5.65 Å². The molecule has 0 saturated carbocycles. The highest BCUT2D eigenvalue weighted by molar-refractivity contribution is 7.88. The van der Waals surface area contributed by atoms with Crippen LogP contribution in [-0.2, 0) is 21.6 Å². The number of rotatable bonds is 2. The highest BCUT2D eigenvalue weighted by Crippen LogP contribution is 2.36. The number of halogens is 3. The summed E-state index contributed by atoms with van der Waals surface area (Å²) in [5.74, 6) is 0. The molecule has 1 aliphatic rings. The smallest absolute Gasteiger partial charge is 0.233 e. The zero-order chi connectivity index (χ0) is 20.2. The first-order chi connectivity index (χ1) is 12.3. The van der Waals surface area contributed by atoms with E-state index >= 15 is 0 Å². The average molecular weight is 404 g/mol. The van der Waals surface area contributed by atoms with E-state index in [-0.39, 0.29) is 5.65 Å².